The van der Waals surface area contributed by atoms with Crippen molar-refractivity contribution >= 4 is 22.7 Å². The van der Waals surface area contributed by atoms with Crippen LogP contribution >= 0.6 is 0 Å². The van der Waals surface area contributed by atoms with E-state index < -0.39 is 0 Å². The fourth-order valence-electron chi connectivity index (χ4n) is 1.38. The molecule has 2 aromatic rings. The minimum absolute atomic E-state index is 0.387. The number of furan rings is 1. The van der Waals surface area contributed by atoms with Gasteiger partial charge in [0.1, 0.15) is 5.76 Å². The zero-order valence-corrected chi connectivity index (χ0v) is 7.40. The molecule has 0 saturated heterocycles. The molecule has 1 heterocycles. The van der Waals surface area contributed by atoms with E-state index >= 15 is 0 Å². The van der Waals surface area contributed by atoms with Gasteiger partial charge < -0.3 is 10.2 Å². The molecular formula is C11H8N2O. The molecule has 0 unspecified atom stereocenters. The van der Waals surface area contributed by atoms with Crippen LogP contribution in [0.3, 0.4) is 0 Å². The lowest BCUT2D eigenvalue weighted by molar-refractivity contribution is 0.582. The first-order valence-electron chi connectivity index (χ1n) is 4.16. The van der Waals surface area contributed by atoms with Gasteiger partial charge in [0, 0.05) is 16.8 Å². The maximum atomic E-state index is 8.40. The Morgan fingerprint density at radius 2 is 2.00 bits per heavy atom. The molecule has 0 saturated carbocycles. The summed E-state index contributed by atoms with van der Waals surface area (Å²) in [5.74, 6) is 1.01. The van der Waals surface area contributed by atoms with Crippen LogP contribution in [0.4, 0.5) is 5.88 Å². The van der Waals surface area contributed by atoms with Crippen molar-refractivity contribution in [3.8, 4) is 6.07 Å². The number of nitriles is 1. The number of anilines is 1. The van der Waals surface area contributed by atoms with Crippen LogP contribution in [0.25, 0.3) is 16.8 Å². The molecule has 0 aliphatic heterocycles. The summed E-state index contributed by atoms with van der Waals surface area (Å²) >= 11 is 0. The molecule has 3 nitrogen and oxygen atoms in total. The molecule has 0 amide bonds. The van der Waals surface area contributed by atoms with Crippen LogP contribution in [-0.2, 0) is 0 Å². The highest BCUT2D eigenvalue weighted by Crippen LogP contribution is 2.28. The molecule has 14 heavy (non-hydrogen) atoms. The Hall–Kier alpha value is -2.21. The molecule has 0 bridgehead atoms. The molecule has 0 spiro atoms. The number of nitrogens with two attached hydrogens (primary N) is 1. The van der Waals surface area contributed by atoms with Crippen molar-refractivity contribution in [2.75, 3.05) is 5.73 Å². The Morgan fingerprint density at radius 3 is 2.71 bits per heavy atom. The van der Waals surface area contributed by atoms with Gasteiger partial charge in [0.25, 0.3) is 0 Å². The van der Waals surface area contributed by atoms with Crippen LogP contribution < -0.4 is 5.73 Å². The fourth-order valence-corrected chi connectivity index (χ4v) is 1.38. The first-order valence-corrected chi connectivity index (χ1v) is 4.16. The van der Waals surface area contributed by atoms with E-state index in [1.165, 1.54) is 6.08 Å². The molecule has 1 aromatic heterocycles. The van der Waals surface area contributed by atoms with Gasteiger partial charge in [-0.05, 0) is 12.1 Å². The van der Waals surface area contributed by atoms with Gasteiger partial charge in [-0.25, -0.2) is 0 Å². The Kier molecular flexibility index (Phi) is 1.96. The van der Waals surface area contributed by atoms with Gasteiger partial charge in [-0.3, -0.25) is 0 Å². The molecule has 0 radical (unpaired) electrons. The number of allylic oxidation sites excluding steroid dienone is 1. The van der Waals surface area contributed by atoms with Crippen molar-refractivity contribution in [3.05, 3.63) is 36.1 Å². The van der Waals surface area contributed by atoms with E-state index in [9.17, 15) is 0 Å². The van der Waals surface area contributed by atoms with E-state index in [1.54, 1.807) is 6.08 Å². The van der Waals surface area contributed by atoms with E-state index in [-0.39, 0.29) is 0 Å². The first-order chi connectivity index (χ1) is 6.83. The lowest BCUT2D eigenvalue weighted by Crippen LogP contribution is -1.78. The van der Waals surface area contributed by atoms with Gasteiger partial charge in [-0.15, -0.1) is 0 Å². The Labute approximate surface area is 81.0 Å². The molecular weight excluding hydrogens is 176 g/mol. The quantitative estimate of drug-likeness (QED) is 0.692. The van der Waals surface area contributed by atoms with E-state index in [2.05, 4.69) is 0 Å². The third-order valence-corrected chi connectivity index (χ3v) is 1.99. The summed E-state index contributed by atoms with van der Waals surface area (Å²) in [6, 6.07) is 9.50. The van der Waals surface area contributed by atoms with E-state index in [0.717, 1.165) is 10.8 Å². The number of fused-ring (bicyclic) bond motifs is 1. The second-order valence-electron chi connectivity index (χ2n) is 2.84. The lowest BCUT2D eigenvalue weighted by Gasteiger charge is -1.86. The monoisotopic (exact) mass is 184 g/mol. The van der Waals surface area contributed by atoms with Crippen LogP contribution in [0, 0.1) is 11.3 Å². The minimum Gasteiger partial charge on any atom is -0.440 e. The van der Waals surface area contributed by atoms with Crippen LogP contribution in [0.1, 0.15) is 5.76 Å². The number of hydrogen-bond acceptors (Lipinski definition) is 3. The predicted molar refractivity (Wildman–Crippen MR) is 55.3 cm³/mol. The Balaban J connectivity index is 2.68. The van der Waals surface area contributed by atoms with Crippen LogP contribution in [0.5, 0.6) is 0 Å². The van der Waals surface area contributed by atoms with Gasteiger partial charge in [-0.2, -0.15) is 5.26 Å². The Bertz CT molecular complexity index is 532. The van der Waals surface area contributed by atoms with Gasteiger partial charge in [-0.1, -0.05) is 18.2 Å². The van der Waals surface area contributed by atoms with Crippen molar-refractivity contribution in [3.63, 3.8) is 0 Å². The molecule has 0 atom stereocenters. The number of nitrogens with zero attached hydrogens (tertiary/aromatic N) is 1. The number of hydrogen-bond donors (Lipinski definition) is 1. The maximum absolute atomic E-state index is 8.40. The zero-order valence-electron chi connectivity index (χ0n) is 7.40. The summed E-state index contributed by atoms with van der Waals surface area (Å²) in [5, 5.41) is 10.2. The summed E-state index contributed by atoms with van der Waals surface area (Å²) < 4.78 is 5.31. The van der Waals surface area contributed by atoms with Gasteiger partial charge in [0.05, 0.1) is 6.07 Å². The van der Waals surface area contributed by atoms with Crippen molar-refractivity contribution in [1.29, 1.82) is 5.26 Å². The summed E-state index contributed by atoms with van der Waals surface area (Å²) in [7, 11) is 0. The minimum atomic E-state index is 0.387. The van der Waals surface area contributed by atoms with Crippen molar-refractivity contribution in [2.45, 2.75) is 0 Å². The summed E-state index contributed by atoms with van der Waals surface area (Å²) in [5.41, 5.74) is 5.67. The average molecular weight is 184 g/mol. The number of nitrogen functional groups attached to an aromatic ring is 1. The fraction of sp³-hybridized carbons (Fsp3) is 0. The van der Waals surface area contributed by atoms with Gasteiger partial charge in [0.2, 0.25) is 0 Å². The molecule has 0 fully saturated rings. The largest absolute Gasteiger partial charge is 0.440 e. The molecule has 3 heteroatoms. The highest BCUT2D eigenvalue weighted by atomic mass is 16.4. The smallest absolute Gasteiger partial charge is 0.198 e. The highest BCUT2D eigenvalue weighted by Gasteiger charge is 2.06. The van der Waals surface area contributed by atoms with Gasteiger partial charge >= 0.3 is 0 Å². The second-order valence-corrected chi connectivity index (χ2v) is 2.84. The molecule has 0 aliphatic rings. The molecule has 0 aliphatic carbocycles. The van der Waals surface area contributed by atoms with Crippen LogP contribution in [-0.4, -0.2) is 0 Å². The standard InChI is InChI=1S/C11H8N2O/c12-7-3-6-10-8-4-1-2-5-9(8)11(13)14-10/h1-6H,13H2. The van der Waals surface area contributed by atoms with Crippen molar-refractivity contribution < 1.29 is 4.42 Å². The number of rotatable bonds is 1. The lowest BCUT2D eigenvalue weighted by atomic mass is 10.2. The Morgan fingerprint density at radius 1 is 1.29 bits per heavy atom. The molecule has 68 valence electrons. The van der Waals surface area contributed by atoms with Crippen molar-refractivity contribution in [1.82, 2.24) is 0 Å². The molecule has 1 aromatic carbocycles. The van der Waals surface area contributed by atoms with Crippen LogP contribution in [0.2, 0.25) is 0 Å². The third-order valence-electron chi connectivity index (χ3n) is 1.99. The summed E-state index contributed by atoms with van der Waals surface area (Å²) in [6.07, 6.45) is 2.98. The van der Waals surface area contributed by atoms with E-state index in [1.807, 2.05) is 30.3 Å². The van der Waals surface area contributed by atoms with Crippen molar-refractivity contribution in [2.24, 2.45) is 0 Å². The van der Waals surface area contributed by atoms with E-state index in [0.29, 0.717) is 11.6 Å². The zero-order chi connectivity index (χ0) is 9.97. The normalized spacial score (nSPS) is 10.8. The molecule has 2 rings (SSSR count). The summed E-state index contributed by atoms with van der Waals surface area (Å²) in [6.45, 7) is 0. The molecule has 2 N–H and O–H groups in total. The average Bonchev–Trinajstić information content (AvgIpc) is 2.54. The van der Waals surface area contributed by atoms with Crippen LogP contribution in [0.15, 0.2) is 34.8 Å². The van der Waals surface area contributed by atoms with Gasteiger partial charge in [0.15, 0.2) is 5.88 Å². The maximum Gasteiger partial charge on any atom is 0.198 e. The summed E-state index contributed by atoms with van der Waals surface area (Å²) in [4.78, 5) is 0. The SMILES string of the molecule is N#CC=Cc1oc(N)c2ccccc12. The first kappa shape index (κ1) is 8.39. The highest BCUT2D eigenvalue weighted by molar-refractivity contribution is 5.96. The third kappa shape index (κ3) is 1.23. The number of benzene rings is 1. The van der Waals surface area contributed by atoms with E-state index in [4.69, 9.17) is 15.4 Å². The second kappa shape index (κ2) is 3.27. The topological polar surface area (TPSA) is 63.0 Å². The predicted octanol–water partition coefficient (Wildman–Crippen LogP) is 2.55.